The monoisotopic (exact) mass is 451 g/mol. The van der Waals surface area contributed by atoms with Crippen LogP contribution in [0.1, 0.15) is 15.9 Å². The predicted octanol–water partition coefficient (Wildman–Crippen LogP) is 3.77. The van der Waals surface area contributed by atoms with Crippen molar-refractivity contribution in [3.8, 4) is 5.82 Å². The number of aryl methyl sites for hydroxylation is 1. The number of hydrogen-bond acceptors (Lipinski definition) is 5. The third kappa shape index (κ3) is 4.49. The molecule has 162 valence electrons. The second-order valence-electron chi connectivity index (χ2n) is 6.88. The van der Waals surface area contributed by atoms with Gasteiger partial charge in [-0.1, -0.05) is 18.2 Å². The highest BCUT2D eigenvalue weighted by Crippen LogP contribution is 2.24. The van der Waals surface area contributed by atoms with Crippen molar-refractivity contribution < 1.29 is 17.6 Å². The van der Waals surface area contributed by atoms with Gasteiger partial charge >= 0.3 is 0 Å². The summed E-state index contributed by atoms with van der Waals surface area (Å²) in [5.41, 5.74) is 0.836. The van der Waals surface area contributed by atoms with Crippen molar-refractivity contribution in [3.05, 3.63) is 96.2 Å². The first-order valence-corrected chi connectivity index (χ1v) is 11.0. The number of pyridine rings is 1. The van der Waals surface area contributed by atoms with Gasteiger partial charge in [0.1, 0.15) is 5.82 Å². The van der Waals surface area contributed by atoms with E-state index >= 15 is 0 Å². The molecule has 0 unspecified atom stereocenters. The predicted molar refractivity (Wildman–Crippen MR) is 118 cm³/mol. The molecule has 1 amide bonds. The molecule has 0 fully saturated rings. The van der Waals surface area contributed by atoms with Gasteiger partial charge in [0, 0.05) is 24.3 Å². The van der Waals surface area contributed by atoms with Crippen molar-refractivity contribution in [2.45, 2.75) is 11.8 Å². The number of amides is 1. The molecule has 0 bridgehead atoms. The van der Waals surface area contributed by atoms with Crippen LogP contribution in [-0.4, -0.2) is 29.1 Å². The van der Waals surface area contributed by atoms with E-state index in [1.165, 1.54) is 30.5 Å². The van der Waals surface area contributed by atoms with Crippen LogP contribution < -0.4 is 10.0 Å². The number of carbonyl (C=O) groups excluding carboxylic acids is 1. The highest BCUT2D eigenvalue weighted by atomic mass is 32.2. The number of benzene rings is 2. The van der Waals surface area contributed by atoms with Crippen LogP contribution in [0.3, 0.4) is 0 Å². The molecule has 0 aliphatic heterocycles. The Morgan fingerprint density at radius 1 is 1.06 bits per heavy atom. The average Bonchev–Trinajstić information content (AvgIpc) is 3.31. The quantitative estimate of drug-likeness (QED) is 0.464. The number of carbonyl (C=O) groups is 1. The number of aromatic nitrogens is 3. The third-order valence-electron chi connectivity index (χ3n) is 4.60. The highest BCUT2D eigenvalue weighted by Gasteiger charge is 2.20. The fourth-order valence-corrected chi connectivity index (χ4v) is 4.31. The summed E-state index contributed by atoms with van der Waals surface area (Å²) in [5.74, 6) is -0.600. The van der Waals surface area contributed by atoms with Gasteiger partial charge in [0.25, 0.3) is 15.9 Å². The molecule has 4 rings (SSSR count). The van der Waals surface area contributed by atoms with Crippen LogP contribution >= 0.6 is 0 Å². The molecule has 0 aliphatic rings. The van der Waals surface area contributed by atoms with E-state index < -0.39 is 21.7 Å². The average molecular weight is 451 g/mol. The fraction of sp³-hybridized carbons (Fsp3) is 0.0455. The van der Waals surface area contributed by atoms with Crippen LogP contribution in [0.2, 0.25) is 0 Å². The molecule has 0 spiro atoms. The summed E-state index contributed by atoms with van der Waals surface area (Å²) < 4.78 is 43.3. The molecule has 2 aromatic carbocycles. The van der Waals surface area contributed by atoms with E-state index in [1.807, 2.05) is 0 Å². The Hall–Kier alpha value is -4.05. The van der Waals surface area contributed by atoms with E-state index in [1.54, 1.807) is 54.3 Å². The minimum Gasteiger partial charge on any atom is -0.322 e. The van der Waals surface area contributed by atoms with Gasteiger partial charge in [0.15, 0.2) is 5.82 Å². The SMILES string of the molecule is Cc1ccc(NC(=O)c2ccc(-n3cccn3)nc2)cc1S(=O)(=O)Nc1ccccc1F. The maximum Gasteiger partial charge on any atom is 0.262 e. The Bertz CT molecular complexity index is 1370. The summed E-state index contributed by atoms with van der Waals surface area (Å²) in [7, 11) is -4.08. The summed E-state index contributed by atoms with van der Waals surface area (Å²) in [6.45, 7) is 1.61. The number of halogens is 1. The van der Waals surface area contributed by atoms with Gasteiger partial charge in [-0.25, -0.2) is 22.5 Å². The number of nitrogens with one attached hydrogen (secondary N) is 2. The van der Waals surface area contributed by atoms with Crippen LogP contribution in [0.15, 0.2) is 84.1 Å². The summed E-state index contributed by atoms with van der Waals surface area (Å²) in [6.07, 6.45) is 4.75. The zero-order valence-corrected chi connectivity index (χ0v) is 17.7. The van der Waals surface area contributed by atoms with E-state index in [4.69, 9.17) is 0 Å². The first-order chi connectivity index (χ1) is 15.3. The van der Waals surface area contributed by atoms with Crippen molar-refractivity contribution in [2.24, 2.45) is 0 Å². The van der Waals surface area contributed by atoms with E-state index in [-0.39, 0.29) is 21.8 Å². The lowest BCUT2D eigenvalue weighted by Gasteiger charge is -2.13. The Labute approximate surface area is 183 Å². The molecule has 0 atom stereocenters. The molecule has 10 heteroatoms. The Morgan fingerprint density at radius 2 is 1.88 bits per heavy atom. The van der Waals surface area contributed by atoms with Crippen LogP contribution in [0.4, 0.5) is 15.8 Å². The number of rotatable bonds is 6. The normalized spacial score (nSPS) is 11.2. The van der Waals surface area contributed by atoms with Crippen molar-refractivity contribution in [3.63, 3.8) is 0 Å². The van der Waals surface area contributed by atoms with Crippen LogP contribution in [0.25, 0.3) is 5.82 Å². The molecule has 2 aromatic heterocycles. The number of hydrogen-bond donors (Lipinski definition) is 2. The van der Waals surface area contributed by atoms with E-state index in [0.717, 1.165) is 6.07 Å². The Balaban J connectivity index is 1.54. The van der Waals surface area contributed by atoms with E-state index in [9.17, 15) is 17.6 Å². The minimum absolute atomic E-state index is 0.0780. The zero-order chi connectivity index (χ0) is 22.7. The van der Waals surface area contributed by atoms with E-state index in [2.05, 4.69) is 20.1 Å². The maximum absolute atomic E-state index is 13.9. The largest absolute Gasteiger partial charge is 0.322 e. The Morgan fingerprint density at radius 3 is 2.56 bits per heavy atom. The van der Waals surface area contributed by atoms with Crippen LogP contribution in [0, 0.1) is 12.7 Å². The highest BCUT2D eigenvalue weighted by molar-refractivity contribution is 7.92. The van der Waals surface area contributed by atoms with Gasteiger partial charge < -0.3 is 5.32 Å². The first kappa shape index (κ1) is 21.2. The van der Waals surface area contributed by atoms with Crippen LogP contribution in [0.5, 0.6) is 0 Å². The lowest BCUT2D eigenvalue weighted by atomic mass is 10.2. The Kier molecular flexibility index (Phi) is 5.69. The molecule has 0 saturated carbocycles. The standard InChI is InChI=1S/C22H18FN5O3S/c1-15-7-9-17(13-20(15)32(30,31)27-19-6-3-2-5-18(19)23)26-22(29)16-8-10-21(24-14-16)28-12-4-11-25-28/h2-14,27H,1H3,(H,26,29). The molecular formula is C22H18FN5O3S. The minimum atomic E-state index is -4.08. The summed E-state index contributed by atoms with van der Waals surface area (Å²) in [6, 6.07) is 14.9. The van der Waals surface area contributed by atoms with E-state index in [0.29, 0.717) is 11.4 Å². The molecule has 32 heavy (non-hydrogen) atoms. The summed E-state index contributed by atoms with van der Waals surface area (Å²) in [4.78, 5) is 16.7. The number of sulfonamides is 1. The zero-order valence-electron chi connectivity index (χ0n) is 16.9. The smallest absolute Gasteiger partial charge is 0.262 e. The fourth-order valence-electron chi connectivity index (χ4n) is 2.97. The molecule has 0 saturated heterocycles. The molecule has 8 nitrogen and oxygen atoms in total. The van der Waals surface area contributed by atoms with Crippen molar-refractivity contribution in [2.75, 3.05) is 10.0 Å². The molecule has 4 aromatic rings. The summed E-state index contributed by atoms with van der Waals surface area (Å²) in [5, 5.41) is 6.73. The van der Waals surface area contributed by atoms with Crippen molar-refractivity contribution in [1.82, 2.24) is 14.8 Å². The molecule has 0 aliphatic carbocycles. The van der Waals surface area contributed by atoms with Gasteiger partial charge in [-0.05, 0) is 55.0 Å². The van der Waals surface area contributed by atoms with Gasteiger partial charge in [-0.2, -0.15) is 5.10 Å². The molecule has 2 N–H and O–H groups in total. The van der Waals surface area contributed by atoms with Gasteiger partial charge in [0.05, 0.1) is 16.1 Å². The van der Waals surface area contributed by atoms with Gasteiger partial charge in [-0.3, -0.25) is 9.52 Å². The summed E-state index contributed by atoms with van der Waals surface area (Å²) >= 11 is 0. The number of para-hydroxylation sites is 1. The maximum atomic E-state index is 13.9. The third-order valence-corrected chi connectivity index (χ3v) is 6.11. The lowest BCUT2D eigenvalue weighted by molar-refractivity contribution is 0.102. The molecule has 0 radical (unpaired) electrons. The first-order valence-electron chi connectivity index (χ1n) is 9.49. The molecular weight excluding hydrogens is 433 g/mol. The van der Waals surface area contributed by atoms with Gasteiger partial charge in [0.2, 0.25) is 0 Å². The second kappa shape index (κ2) is 8.60. The van der Waals surface area contributed by atoms with Gasteiger partial charge in [-0.15, -0.1) is 0 Å². The van der Waals surface area contributed by atoms with Crippen molar-refractivity contribution >= 4 is 27.3 Å². The number of nitrogens with zero attached hydrogens (tertiary/aromatic N) is 3. The second-order valence-corrected chi connectivity index (χ2v) is 8.53. The van der Waals surface area contributed by atoms with Crippen molar-refractivity contribution in [1.29, 1.82) is 0 Å². The molecule has 2 heterocycles. The van der Waals surface area contributed by atoms with Crippen LogP contribution in [-0.2, 0) is 10.0 Å². The topological polar surface area (TPSA) is 106 Å². The lowest BCUT2D eigenvalue weighted by Crippen LogP contribution is -2.17. The number of anilines is 2.